The van der Waals surface area contributed by atoms with E-state index in [1.54, 1.807) is 0 Å². The number of hydrogen-bond donors (Lipinski definition) is 1. The van der Waals surface area contributed by atoms with E-state index in [9.17, 15) is 15.3 Å². The van der Waals surface area contributed by atoms with E-state index in [4.69, 9.17) is 15.1 Å². The van der Waals surface area contributed by atoms with Crippen LogP contribution in [0.15, 0.2) is 260 Å². The highest BCUT2D eigenvalue weighted by Gasteiger charge is 2.26. The lowest BCUT2D eigenvalue weighted by atomic mass is 9.86. The predicted molar refractivity (Wildman–Crippen MR) is 376 cm³/mol. The first kappa shape index (κ1) is 59.1. The second-order valence-electron chi connectivity index (χ2n) is 25.9. The van der Waals surface area contributed by atoms with Gasteiger partial charge in [0, 0.05) is 78.6 Å². The lowest BCUT2D eigenvalue weighted by Gasteiger charge is -2.27. The van der Waals surface area contributed by atoms with Crippen molar-refractivity contribution in [2.75, 3.05) is 16.3 Å². The number of nitrogens with zero attached hydrogens (tertiary/aromatic N) is 5. The number of fused-ring (bicyclic) bond motifs is 7. The molecule has 12 aromatic carbocycles. The standard InChI is InChI=1S/C82H70N7O2/c1-52(2)51-84-87-76-72(54-33-45-64(46-34-54)89(62-21-13-10-14-22-62)66-49-37-58(38-50-66)80(91)56-29-41-60(42-30-56)82(6,7)8)78-77(85-74-69-25-17-15-23-67(69)68-24-16-18-26-70(68)75(74)86-78)71(73(76)83)53-31-43-63(44-32-53)88(61-19-11-9-12-20-61)65-47-35-57(36-48-65)79(90)55-27-39-59(40-28-55)81(3,4)5/h9-50,52H,51H2,1-8H3,(H-,83,84,85)/q-1/p+1. The van der Waals surface area contributed by atoms with Gasteiger partial charge in [-0.3, -0.25) is 9.59 Å². The average Bonchev–Trinajstić information content (AvgIpc) is 0.744. The molecule has 1 aromatic heterocycles. The summed E-state index contributed by atoms with van der Waals surface area (Å²) in [5, 5.41) is 12.6. The molecule has 0 fully saturated rings. The Hall–Kier alpha value is -10.9. The summed E-state index contributed by atoms with van der Waals surface area (Å²) in [6.45, 7) is 17.9. The van der Waals surface area contributed by atoms with Gasteiger partial charge in [0.15, 0.2) is 18.1 Å². The molecular weight excluding hydrogens is 1110 g/mol. The Morgan fingerprint density at radius 3 is 1.07 bits per heavy atom. The van der Waals surface area contributed by atoms with Crippen LogP contribution in [0.3, 0.4) is 0 Å². The van der Waals surface area contributed by atoms with Crippen LogP contribution in [0.5, 0.6) is 0 Å². The zero-order valence-corrected chi connectivity index (χ0v) is 52.6. The minimum absolute atomic E-state index is 0.0206. The van der Waals surface area contributed by atoms with Crippen molar-refractivity contribution in [1.82, 2.24) is 9.97 Å². The van der Waals surface area contributed by atoms with Gasteiger partial charge in [0.1, 0.15) is 11.2 Å². The number of azo groups is 1. The summed E-state index contributed by atoms with van der Waals surface area (Å²) < 4.78 is 0. The van der Waals surface area contributed by atoms with Crippen LogP contribution in [0, 0.1) is 5.92 Å². The number of ketones is 2. The Bertz CT molecular complexity index is 4880. The molecule has 9 heteroatoms. The van der Waals surface area contributed by atoms with Crippen LogP contribution in [0.4, 0.5) is 45.5 Å². The summed E-state index contributed by atoms with van der Waals surface area (Å²) >= 11 is 0. The van der Waals surface area contributed by atoms with E-state index in [0.717, 1.165) is 77.8 Å². The fraction of sp³-hybridized carbons (Fsp3) is 0.146. The largest absolute Gasteiger partial charge is 0.696 e. The van der Waals surface area contributed by atoms with Crippen LogP contribution in [0.1, 0.15) is 98.4 Å². The molecule has 2 N–H and O–H groups in total. The molecule has 0 aliphatic rings. The second-order valence-corrected chi connectivity index (χ2v) is 25.9. The molecule has 0 saturated heterocycles. The van der Waals surface area contributed by atoms with Crippen LogP contribution in [-0.2, 0) is 10.8 Å². The van der Waals surface area contributed by atoms with Crippen molar-refractivity contribution in [3.8, 4) is 22.3 Å². The summed E-state index contributed by atoms with van der Waals surface area (Å²) in [4.78, 5) is 43.6. The molecule has 13 rings (SSSR count). The topological polar surface area (TPSA) is 117 Å². The molecular formula is C82H71N7O2. The van der Waals surface area contributed by atoms with E-state index in [1.807, 2.05) is 146 Å². The van der Waals surface area contributed by atoms with Crippen molar-refractivity contribution in [3.63, 3.8) is 0 Å². The Labute approximate surface area is 532 Å². The summed E-state index contributed by atoms with van der Waals surface area (Å²) in [6.07, 6.45) is 0. The van der Waals surface area contributed by atoms with Crippen LogP contribution in [0.2, 0.25) is 0 Å². The number of para-hydroxylation sites is 2. The number of carbonyl (C=O) groups excluding carboxylic acids is 2. The Morgan fingerprint density at radius 1 is 0.396 bits per heavy atom. The minimum atomic E-state index is -0.0341. The van der Waals surface area contributed by atoms with Gasteiger partial charge in [-0.15, -0.1) is 5.11 Å². The zero-order valence-electron chi connectivity index (χ0n) is 52.6. The average molecular weight is 1190 g/mol. The Balaban J connectivity index is 0.947. The first-order valence-electron chi connectivity index (χ1n) is 31.2. The maximum absolute atomic E-state index is 13.9. The molecule has 0 aliphatic heterocycles. The van der Waals surface area contributed by atoms with Gasteiger partial charge >= 0.3 is 0 Å². The van der Waals surface area contributed by atoms with Crippen molar-refractivity contribution in [2.24, 2.45) is 11.0 Å². The molecule has 0 bridgehead atoms. The molecule has 13 aromatic rings. The number of benzene rings is 12. The SMILES string of the molecule is CC(C)C[NH+]=Nc1c([NH-])c(-c2ccc(N(c3ccccc3)c3ccc(C(=O)c4ccc(C(C)(C)C)cc4)cc3)cc2)c2nc3c4ccccc4c4ccccc4c3nc2c1-c1ccc(N(c2ccccc2)c2ccc(C(=O)c3ccc(C(C)(C)C)cc3)cc2)cc1. The summed E-state index contributed by atoms with van der Waals surface area (Å²) in [6, 6.07) is 85.3. The second kappa shape index (κ2) is 24.2. The molecule has 1 heterocycles. The maximum Gasteiger partial charge on any atom is 0.193 e. The quantitative estimate of drug-likeness (QED) is 0.0473. The third-order valence-electron chi connectivity index (χ3n) is 17.1. The predicted octanol–water partition coefficient (Wildman–Crippen LogP) is 20.9. The minimum Gasteiger partial charge on any atom is -0.696 e. The smallest absolute Gasteiger partial charge is 0.193 e. The highest BCUT2D eigenvalue weighted by molar-refractivity contribution is 6.25. The number of carbonyl (C=O) groups is 2. The van der Waals surface area contributed by atoms with Crippen molar-refractivity contribution < 1.29 is 14.7 Å². The number of anilines is 6. The molecule has 446 valence electrons. The number of rotatable bonds is 15. The lowest BCUT2D eigenvalue weighted by molar-refractivity contribution is -0.533. The normalized spacial score (nSPS) is 12.0. The Kier molecular flexibility index (Phi) is 15.7. The molecule has 0 unspecified atom stereocenters. The monoisotopic (exact) mass is 1190 g/mol. The highest BCUT2D eigenvalue weighted by Crippen LogP contribution is 2.51. The van der Waals surface area contributed by atoms with Gasteiger partial charge in [-0.25, -0.2) is 9.97 Å². The van der Waals surface area contributed by atoms with Gasteiger partial charge < -0.3 is 15.5 Å². The number of aromatic nitrogens is 2. The fourth-order valence-electron chi connectivity index (χ4n) is 12.2. The summed E-state index contributed by atoms with van der Waals surface area (Å²) in [5.74, 6) is 0.199. The lowest BCUT2D eigenvalue weighted by Crippen LogP contribution is -2.67. The van der Waals surface area contributed by atoms with Gasteiger partial charge in [0.2, 0.25) is 0 Å². The molecule has 91 heavy (non-hydrogen) atoms. The third kappa shape index (κ3) is 11.6. The van der Waals surface area contributed by atoms with Crippen molar-refractivity contribution in [2.45, 2.75) is 66.2 Å². The van der Waals surface area contributed by atoms with Gasteiger partial charge in [-0.1, -0.05) is 219 Å². The van der Waals surface area contributed by atoms with E-state index in [2.05, 4.69) is 179 Å². The van der Waals surface area contributed by atoms with E-state index in [-0.39, 0.29) is 34.0 Å². The van der Waals surface area contributed by atoms with E-state index in [0.29, 0.717) is 56.6 Å². The van der Waals surface area contributed by atoms with Crippen molar-refractivity contribution >= 4 is 101 Å². The zero-order chi connectivity index (χ0) is 63.1. The van der Waals surface area contributed by atoms with Gasteiger partial charge in [-0.2, -0.15) is 0 Å². The van der Waals surface area contributed by atoms with Crippen LogP contribution in [-0.4, -0.2) is 28.1 Å². The molecule has 0 atom stereocenters. The summed E-state index contributed by atoms with van der Waals surface area (Å²) in [7, 11) is 0. The fourth-order valence-corrected chi connectivity index (χ4v) is 12.2. The first-order valence-corrected chi connectivity index (χ1v) is 31.2. The molecule has 0 amide bonds. The van der Waals surface area contributed by atoms with E-state index in [1.165, 1.54) is 11.1 Å². The van der Waals surface area contributed by atoms with Gasteiger partial charge in [0.25, 0.3) is 0 Å². The highest BCUT2D eigenvalue weighted by atomic mass is 16.1. The molecule has 0 spiro atoms. The molecule has 0 radical (unpaired) electrons. The maximum atomic E-state index is 13.9. The van der Waals surface area contributed by atoms with Gasteiger partial charge in [0.05, 0.1) is 16.6 Å². The summed E-state index contributed by atoms with van der Waals surface area (Å²) in [5.41, 5.74) is 26.9. The van der Waals surface area contributed by atoms with Crippen LogP contribution >= 0.6 is 0 Å². The van der Waals surface area contributed by atoms with E-state index >= 15 is 0 Å². The molecule has 0 saturated carbocycles. The van der Waals surface area contributed by atoms with Crippen molar-refractivity contribution in [3.05, 3.63) is 294 Å². The van der Waals surface area contributed by atoms with Gasteiger partial charge in [-0.05, 0) is 152 Å². The van der Waals surface area contributed by atoms with Crippen LogP contribution < -0.4 is 14.9 Å². The third-order valence-corrected chi connectivity index (χ3v) is 17.1. The Morgan fingerprint density at radius 2 is 0.703 bits per heavy atom. The van der Waals surface area contributed by atoms with Crippen molar-refractivity contribution in [1.29, 1.82) is 0 Å². The molecule has 0 aliphatic carbocycles. The van der Waals surface area contributed by atoms with Crippen LogP contribution in [0.25, 0.3) is 71.6 Å². The number of nitrogens with one attached hydrogen (secondary N) is 2. The number of hydrogen-bond acceptors (Lipinski definition) is 7. The van der Waals surface area contributed by atoms with E-state index < -0.39 is 0 Å². The molecule has 9 nitrogen and oxygen atoms in total. The first-order chi connectivity index (χ1) is 44.0.